The second-order valence-corrected chi connectivity index (χ2v) is 13.8. The monoisotopic (exact) mass is 592 g/mol. The molecule has 10 heteroatoms. The summed E-state index contributed by atoms with van der Waals surface area (Å²) in [7, 11) is 0. The maximum Gasteiger partial charge on any atom is 0.410 e. The summed E-state index contributed by atoms with van der Waals surface area (Å²) in [6.07, 6.45) is 7.97. The average molecular weight is 593 g/mol. The molecule has 2 saturated heterocycles. The van der Waals surface area contributed by atoms with Crippen LogP contribution in [-0.4, -0.2) is 94.6 Å². The summed E-state index contributed by atoms with van der Waals surface area (Å²) >= 11 is 0. The Kier molecular flexibility index (Phi) is 8.10. The molecule has 3 fully saturated rings. The summed E-state index contributed by atoms with van der Waals surface area (Å²) in [5.74, 6) is -0.769. The van der Waals surface area contributed by atoms with Crippen molar-refractivity contribution in [3.8, 4) is 0 Å². The maximum atomic E-state index is 13.2. The van der Waals surface area contributed by atoms with Crippen LogP contribution in [0.15, 0.2) is 18.2 Å². The number of likely N-dealkylation sites (tertiary alicyclic amines) is 1. The summed E-state index contributed by atoms with van der Waals surface area (Å²) in [4.78, 5) is 55.5. The number of carbonyl (C=O) groups is 4. The molecule has 43 heavy (non-hydrogen) atoms. The normalized spacial score (nSPS) is 27.0. The van der Waals surface area contributed by atoms with Crippen LogP contribution in [-0.2, 0) is 25.6 Å². The van der Waals surface area contributed by atoms with Crippen LogP contribution in [0.25, 0.3) is 5.57 Å². The highest BCUT2D eigenvalue weighted by Crippen LogP contribution is 2.36. The average Bonchev–Trinajstić information content (AvgIpc) is 3.26. The second kappa shape index (κ2) is 11.7. The summed E-state index contributed by atoms with van der Waals surface area (Å²) in [6, 6.07) is 4.16. The molecule has 1 aromatic rings. The van der Waals surface area contributed by atoms with Gasteiger partial charge in [0.25, 0.3) is 5.91 Å². The lowest BCUT2D eigenvalue weighted by molar-refractivity contribution is -0.136. The second-order valence-electron chi connectivity index (χ2n) is 13.8. The Morgan fingerprint density at radius 3 is 2.37 bits per heavy atom. The van der Waals surface area contributed by atoms with E-state index >= 15 is 0 Å². The van der Waals surface area contributed by atoms with Gasteiger partial charge in [0.2, 0.25) is 11.8 Å². The first-order valence-corrected chi connectivity index (χ1v) is 15.8. The smallest absolute Gasteiger partial charge is 0.410 e. The van der Waals surface area contributed by atoms with Gasteiger partial charge in [0.15, 0.2) is 0 Å². The minimum absolute atomic E-state index is 0.118. The molecule has 0 spiro atoms. The van der Waals surface area contributed by atoms with Gasteiger partial charge >= 0.3 is 6.09 Å². The first kappa shape index (κ1) is 29.8. The largest absolute Gasteiger partial charge is 0.444 e. The molecule has 5 aliphatic rings. The number of piperidine rings is 2. The van der Waals surface area contributed by atoms with Gasteiger partial charge in [-0.25, -0.2) is 4.79 Å². The summed E-state index contributed by atoms with van der Waals surface area (Å²) in [5, 5.41) is 2.38. The zero-order valence-electron chi connectivity index (χ0n) is 25.8. The number of ether oxygens (including phenoxy) is 2. The predicted molar refractivity (Wildman–Crippen MR) is 160 cm³/mol. The number of imide groups is 1. The number of hydrogen-bond acceptors (Lipinski definition) is 7. The SMILES string of the molecule is Cc1cc(C2=CCN([C@H]3C[C@H](OC4CCN(C(=O)OC(C)(C)C)CC4)C3)CC2)cc2c1C(=O)N(C1CCC(=O)NC1=O)C2. The van der Waals surface area contributed by atoms with E-state index in [-0.39, 0.29) is 42.4 Å². The third kappa shape index (κ3) is 6.36. The minimum Gasteiger partial charge on any atom is -0.444 e. The van der Waals surface area contributed by atoms with Crippen molar-refractivity contribution in [3.05, 3.63) is 40.5 Å². The number of nitrogens with one attached hydrogen (secondary N) is 1. The third-order valence-electron chi connectivity index (χ3n) is 9.50. The molecule has 1 aromatic carbocycles. The molecular weight excluding hydrogens is 548 g/mol. The van der Waals surface area contributed by atoms with Gasteiger partial charge < -0.3 is 19.3 Å². The molecule has 1 saturated carbocycles. The molecular formula is C33H44N4O6. The molecule has 0 radical (unpaired) electrons. The summed E-state index contributed by atoms with van der Waals surface area (Å²) in [5.41, 5.74) is 4.58. The zero-order chi connectivity index (χ0) is 30.5. The van der Waals surface area contributed by atoms with Gasteiger partial charge in [-0.3, -0.25) is 24.6 Å². The molecule has 4 amide bonds. The lowest BCUT2D eigenvalue weighted by Gasteiger charge is -2.45. The van der Waals surface area contributed by atoms with Crippen molar-refractivity contribution in [1.29, 1.82) is 0 Å². The standard InChI is InChI=1S/C33H44N4O6/c1-20-15-22(16-23-19-37(31(40)29(20)23)27-5-6-28(38)34-30(27)39)21-7-11-35(12-8-21)24-17-26(18-24)42-25-9-13-36(14-10-25)32(41)43-33(2,3)4/h7,15-16,24-27H,5-6,8-14,17-19H2,1-4H3,(H,34,38,39)/t24-,26-,27?. The topological polar surface area (TPSA) is 108 Å². The van der Waals surface area contributed by atoms with E-state index in [0.29, 0.717) is 37.7 Å². The number of nitrogens with zero attached hydrogens (tertiary/aromatic N) is 3. The Hall–Kier alpha value is -3.24. The number of rotatable bonds is 5. The Morgan fingerprint density at radius 2 is 1.72 bits per heavy atom. The van der Waals surface area contributed by atoms with E-state index in [9.17, 15) is 19.2 Å². The van der Waals surface area contributed by atoms with Crippen LogP contribution in [0.1, 0.15) is 92.8 Å². The Balaban J connectivity index is 0.981. The van der Waals surface area contributed by atoms with E-state index in [1.54, 1.807) is 9.80 Å². The molecule has 4 aliphatic heterocycles. The van der Waals surface area contributed by atoms with Crippen LogP contribution in [0.2, 0.25) is 0 Å². The number of amides is 4. The van der Waals surface area contributed by atoms with Crippen molar-refractivity contribution in [2.75, 3.05) is 26.2 Å². The van der Waals surface area contributed by atoms with Crippen LogP contribution < -0.4 is 5.32 Å². The first-order chi connectivity index (χ1) is 20.4. The van der Waals surface area contributed by atoms with E-state index in [0.717, 1.165) is 61.9 Å². The Bertz CT molecular complexity index is 1340. The van der Waals surface area contributed by atoms with Gasteiger partial charge in [0, 0.05) is 50.7 Å². The van der Waals surface area contributed by atoms with Crippen molar-refractivity contribution < 1.29 is 28.7 Å². The molecule has 1 N–H and O–H groups in total. The molecule has 6 rings (SSSR count). The third-order valence-corrected chi connectivity index (χ3v) is 9.50. The van der Waals surface area contributed by atoms with E-state index < -0.39 is 11.6 Å². The van der Waals surface area contributed by atoms with Gasteiger partial charge in [-0.1, -0.05) is 12.1 Å². The number of benzene rings is 1. The Morgan fingerprint density at radius 1 is 0.977 bits per heavy atom. The van der Waals surface area contributed by atoms with E-state index in [1.165, 1.54) is 5.57 Å². The van der Waals surface area contributed by atoms with Crippen LogP contribution in [0.4, 0.5) is 4.79 Å². The molecule has 232 valence electrons. The van der Waals surface area contributed by atoms with Crippen LogP contribution in [0, 0.1) is 6.92 Å². The van der Waals surface area contributed by atoms with Crippen molar-refractivity contribution in [2.45, 2.75) is 109 Å². The van der Waals surface area contributed by atoms with Crippen molar-refractivity contribution >= 4 is 29.4 Å². The molecule has 1 aliphatic carbocycles. The maximum absolute atomic E-state index is 13.2. The number of aryl methyl sites for hydroxylation is 1. The van der Waals surface area contributed by atoms with Crippen molar-refractivity contribution in [2.24, 2.45) is 0 Å². The molecule has 1 atom stereocenters. The summed E-state index contributed by atoms with van der Waals surface area (Å²) in [6.45, 7) is 11.3. The van der Waals surface area contributed by atoms with Crippen LogP contribution in [0.3, 0.4) is 0 Å². The van der Waals surface area contributed by atoms with Gasteiger partial charge in [0.05, 0.1) is 12.2 Å². The fraction of sp³-hybridized carbons (Fsp3) is 0.636. The Labute approximate surface area is 253 Å². The first-order valence-electron chi connectivity index (χ1n) is 15.8. The lowest BCUT2D eigenvalue weighted by atomic mass is 9.85. The fourth-order valence-corrected chi connectivity index (χ4v) is 7.11. The summed E-state index contributed by atoms with van der Waals surface area (Å²) < 4.78 is 11.9. The van der Waals surface area contributed by atoms with Gasteiger partial charge in [-0.2, -0.15) is 0 Å². The van der Waals surface area contributed by atoms with Crippen LogP contribution in [0.5, 0.6) is 0 Å². The van der Waals surface area contributed by atoms with Crippen LogP contribution >= 0.6 is 0 Å². The highest BCUT2D eigenvalue weighted by molar-refractivity contribution is 6.06. The van der Waals surface area contributed by atoms with E-state index in [4.69, 9.17) is 9.47 Å². The van der Waals surface area contributed by atoms with Crippen molar-refractivity contribution in [1.82, 2.24) is 20.0 Å². The van der Waals surface area contributed by atoms with E-state index in [2.05, 4.69) is 28.4 Å². The zero-order valence-corrected chi connectivity index (χ0v) is 25.8. The molecule has 0 bridgehead atoms. The number of hydrogen-bond donors (Lipinski definition) is 1. The highest BCUT2D eigenvalue weighted by Gasteiger charge is 2.41. The fourth-order valence-electron chi connectivity index (χ4n) is 7.11. The molecule has 1 unspecified atom stereocenters. The van der Waals surface area contributed by atoms with Crippen molar-refractivity contribution in [3.63, 3.8) is 0 Å². The number of carbonyl (C=O) groups excluding carboxylic acids is 4. The van der Waals surface area contributed by atoms with Gasteiger partial charge in [-0.15, -0.1) is 0 Å². The van der Waals surface area contributed by atoms with Gasteiger partial charge in [0.1, 0.15) is 11.6 Å². The molecule has 4 heterocycles. The van der Waals surface area contributed by atoms with Gasteiger partial charge in [-0.05, 0) is 94.5 Å². The van der Waals surface area contributed by atoms with E-state index in [1.807, 2.05) is 27.7 Å². The molecule has 10 nitrogen and oxygen atoms in total. The highest BCUT2D eigenvalue weighted by atomic mass is 16.6. The minimum atomic E-state index is -0.594. The lowest BCUT2D eigenvalue weighted by Crippen LogP contribution is -2.52. The quantitative estimate of drug-likeness (QED) is 0.519. The predicted octanol–water partition coefficient (Wildman–Crippen LogP) is 3.79. The number of fused-ring (bicyclic) bond motifs is 1. The molecule has 0 aromatic heterocycles.